The summed E-state index contributed by atoms with van der Waals surface area (Å²) < 4.78 is 0. The van der Waals surface area contributed by atoms with E-state index < -0.39 is 0 Å². The fourth-order valence-electron chi connectivity index (χ4n) is 1.13. The normalized spacial score (nSPS) is 18.7. The van der Waals surface area contributed by atoms with Gasteiger partial charge in [-0.3, -0.25) is 4.79 Å². The molecule has 1 rings (SSSR count). The van der Waals surface area contributed by atoms with Crippen LogP contribution in [0.4, 0.5) is 0 Å². The minimum absolute atomic E-state index is 0.0613. The molecule has 4 nitrogen and oxygen atoms in total. The maximum absolute atomic E-state index is 11.6. The maximum atomic E-state index is 11.6. The van der Waals surface area contributed by atoms with E-state index in [1.54, 1.807) is 0 Å². The van der Waals surface area contributed by atoms with Crippen LogP contribution in [0, 0.1) is 5.41 Å². The van der Waals surface area contributed by atoms with E-state index in [1.165, 1.54) is 0 Å². The predicted molar refractivity (Wildman–Crippen MR) is 59.5 cm³/mol. The first kappa shape index (κ1) is 12.5. The van der Waals surface area contributed by atoms with E-state index in [4.69, 9.17) is 5.11 Å². The molecule has 15 heavy (non-hydrogen) atoms. The van der Waals surface area contributed by atoms with E-state index in [2.05, 4.69) is 10.6 Å². The molecule has 1 atom stereocenters. The molecule has 0 radical (unpaired) electrons. The Balaban J connectivity index is 2.21. The molecule has 0 spiro atoms. The van der Waals surface area contributed by atoms with Gasteiger partial charge in [0.25, 0.3) is 0 Å². The summed E-state index contributed by atoms with van der Waals surface area (Å²) in [5, 5.41) is 15.1. The van der Waals surface area contributed by atoms with Gasteiger partial charge in [0.2, 0.25) is 5.91 Å². The lowest BCUT2D eigenvalue weighted by Gasteiger charge is -2.24. The minimum atomic E-state index is -0.184. The number of aliphatic hydroxyl groups is 1. The molecule has 0 heterocycles. The van der Waals surface area contributed by atoms with Crippen LogP contribution in [-0.4, -0.2) is 36.2 Å². The van der Waals surface area contributed by atoms with Gasteiger partial charge in [-0.1, -0.05) is 13.8 Å². The Bertz CT molecular complexity index is 225. The van der Waals surface area contributed by atoms with Gasteiger partial charge in [-0.25, -0.2) is 0 Å². The maximum Gasteiger partial charge on any atom is 0.237 e. The van der Waals surface area contributed by atoms with Gasteiger partial charge in [0.15, 0.2) is 0 Å². The summed E-state index contributed by atoms with van der Waals surface area (Å²) in [5.41, 5.74) is -0.172. The Morgan fingerprint density at radius 2 is 2.13 bits per heavy atom. The topological polar surface area (TPSA) is 61.4 Å². The standard InChI is InChI=1S/C11H22N2O2/c1-8(10(15)13-9-4-5-9)12-6-11(2,3)7-14/h8-9,12,14H,4-7H2,1-3H3,(H,13,15). The molecular weight excluding hydrogens is 192 g/mol. The van der Waals surface area contributed by atoms with E-state index in [9.17, 15) is 4.79 Å². The Morgan fingerprint density at radius 3 is 2.60 bits per heavy atom. The highest BCUT2D eigenvalue weighted by molar-refractivity contribution is 5.81. The molecule has 1 aliphatic carbocycles. The van der Waals surface area contributed by atoms with E-state index in [0.29, 0.717) is 12.6 Å². The van der Waals surface area contributed by atoms with Gasteiger partial charge in [-0.05, 0) is 19.8 Å². The SMILES string of the molecule is CC(NCC(C)(C)CO)C(=O)NC1CC1. The average molecular weight is 214 g/mol. The highest BCUT2D eigenvalue weighted by Gasteiger charge is 2.26. The molecule has 0 aromatic carbocycles. The Hall–Kier alpha value is -0.610. The van der Waals surface area contributed by atoms with Gasteiger partial charge in [0, 0.05) is 24.6 Å². The molecule has 0 saturated heterocycles. The van der Waals surface area contributed by atoms with Crippen LogP contribution >= 0.6 is 0 Å². The van der Waals surface area contributed by atoms with Gasteiger partial charge >= 0.3 is 0 Å². The molecule has 0 bridgehead atoms. The van der Waals surface area contributed by atoms with Crippen LogP contribution in [0.1, 0.15) is 33.6 Å². The highest BCUT2D eigenvalue weighted by Crippen LogP contribution is 2.18. The van der Waals surface area contributed by atoms with Crippen molar-refractivity contribution in [2.24, 2.45) is 5.41 Å². The number of amides is 1. The molecule has 1 aliphatic rings. The van der Waals surface area contributed by atoms with Gasteiger partial charge in [-0.2, -0.15) is 0 Å². The van der Waals surface area contributed by atoms with Gasteiger partial charge < -0.3 is 15.7 Å². The molecule has 3 N–H and O–H groups in total. The second-order valence-corrected chi connectivity index (χ2v) is 5.21. The zero-order valence-electron chi connectivity index (χ0n) is 9.84. The second kappa shape index (κ2) is 4.94. The first-order valence-corrected chi connectivity index (χ1v) is 5.59. The first-order chi connectivity index (χ1) is 6.94. The fourth-order valence-corrected chi connectivity index (χ4v) is 1.13. The molecule has 1 saturated carbocycles. The smallest absolute Gasteiger partial charge is 0.237 e. The molecule has 88 valence electrons. The zero-order chi connectivity index (χ0) is 11.5. The summed E-state index contributed by atoms with van der Waals surface area (Å²) in [6.45, 7) is 6.54. The monoisotopic (exact) mass is 214 g/mol. The molecule has 1 amide bonds. The third-order valence-corrected chi connectivity index (χ3v) is 2.63. The van der Waals surface area contributed by atoms with Crippen LogP contribution in [0.5, 0.6) is 0 Å². The van der Waals surface area contributed by atoms with E-state index in [0.717, 1.165) is 12.8 Å². The van der Waals surface area contributed by atoms with Crippen LogP contribution in [0.2, 0.25) is 0 Å². The second-order valence-electron chi connectivity index (χ2n) is 5.21. The van der Waals surface area contributed by atoms with Crippen molar-refractivity contribution >= 4 is 5.91 Å². The van der Waals surface area contributed by atoms with Gasteiger partial charge in [0.1, 0.15) is 0 Å². The highest BCUT2D eigenvalue weighted by atomic mass is 16.3. The van der Waals surface area contributed by atoms with Crippen molar-refractivity contribution in [1.82, 2.24) is 10.6 Å². The quantitative estimate of drug-likeness (QED) is 0.594. The van der Waals surface area contributed by atoms with Gasteiger partial charge in [0.05, 0.1) is 6.04 Å². The van der Waals surface area contributed by atoms with Crippen molar-refractivity contribution in [2.45, 2.75) is 45.7 Å². The molecule has 1 fully saturated rings. The summed E-state index contributed by atoms with van der Waals surface area (Å²) in [6, 6.07) is 0.226. The van der Waals surface area contributed by atoms with Crippen LogP contribution in [0.15, 0.2) is 0 Å². The van der Waals surface area contributed by atoms with Crippen molar-refractivity contribution in [1.29, 1.82) is 0 Å². The largest absolute Gasteiger partial charge is 0.396 e. The van der Waals surface area contributed by atoms with Crippen molar-refractivity contribution in [2.75, 3.05) is 13.2 Å². The number of hydrogen-bond acceptors (Lipinski definition) is 3. The van der Waals surface area contributed by atoms with Crippen molar-refractivity contribution in [3.05, 3.63) is 0 Å². The van der Waals surface area contributed by atoms with Crippen molar-refractivity contribution in [3.63, 3.8) is 0 Å². The third kappa shape index (κ3) is 4.62. The molecule has 0 aromatic rings. The minimum Gasteiger partial charge on any atom is -0.396 e. The molecule has 1 unspecified atom stereocenters. The molecular formula is C11H22N2O2. The zero-order valence-corrected chi connectivity index (χ0v) is 9.84. The summed E-state index contributed by atoms with van der Waals surface area (Å²) in [6.07, 6.45) is 2.22. The summed E-state index contributed by atoms with van der Waals surface area (Å²) in [5.74, 6) is 0.0613. The number of aliphatic hydroxyl groups excluding tert-OH is 1. The van der Waals surface area contributed by atoms with Crippen LogP contribution in [-0.2, 0) is 4.79 Å². The summed E-state index contributed by atoms with van der Waals surface area (Å²) >= 11 is 0. The van der Waals surface area contributed by atoms with Crippen LogP contribution in [0.3, 0.4) is 0 Å². The molecule has 4 heteroatoms. The number of carbonyl (C=O) groups excluding carboxylic acids is 1. The summed E-state index contributed by atoms with van der Waals surface area (Å²) in [7, 11) is 0. The number of hydrogen-bond donors (Lipinski definition) is 3. The first-order valence-electron chi connectivity index (χ1n) is 5.59. The fraction of sp³-hybridized carbons (Fsp3) is 0.909. The molecule has 0 aromatic heterocycles. The number of carbonyl (C=O) groups is 1. The van der Waals surface area contributed by atoms with Crippen LogP contribution in [0.25, 0.3) is 0 Å². The summed E-state index contributed by atoms with van der Waals surface area (Å²) in [4.78, 5) is 11.6. The number of nitrogens with one attached hydrogen (secondary N) is 2. The van der Waals surface area contributed by atoms with E-state index in [-0.39, 0.29) is 24.0 Å². The van der Waals surface area contributed by atoms with Crippen molar-refractivity contribution in [3.8, 4) is 0 Å². The lowest BCUT2D eigenvalue weighted by atomic mass is 9.94. The Kier molecular flexibility index (Phi) is 4.11. The lowest BCUT2D eigenvalue weighted by molar-refractivity contribution is -0.123. The van der Waals surface area contributed by atoms with E-state index >= 15 is 0 Å². The lowest BCUT2D eigenvalue weighted by Crippen LogP contribution is -2.46. The van der Waals surface area contributed by atoms with Crippen molar-refractivity contribution < 1.29 is 9.90 Å². The number of rotatable bonds is 6. The Morgan fingerprint density at radius 1 is 1.53 bits per heavy atom. The molecule has 0 aliphatic heterocycles. The van der Waals surface area contributed by atoms with Crippen LogP contribution < -0.4 is 10.6 Å². The predicted octanol–water partition coefficient (Wildman–Crippen LogP) is 0.262. The average Bonchev–Trinajstić information content (AvgIpc) is 2.98. The Labute approximate surface area is 91.4 Å². The third-order valence-electron chi connectivity index (χ3n) is 2.63. The van der Waals surface area contributed by atoms with E-state index in [1.807, 2.05) is 20.8 Å². The van der Waals surface area contributed by atoms with Gasteiger partial charge in [-0.15, -0.1) is 0 Å².